The molecule has 2 aliphatic rings. The molecule has 2 aromatic carbocycles. The Morgan fingerprint density at radius 2 is 1.74 bits per heavy atom. The molecule has 2 heteroatoms. The second-order valence-corrected chi connectivity index (χ2v) is 17.4. The van der Waals surface area contributed by atoms with Crippen LogP contribution in [0.4, 0.5) is 0 Å². The van der Waals surface area contributed by atoms with Gasteiger partial charge in [-0.1, -0.05) is 101 Å². The van der Waals surface area contributed by atoms with Crippen molar-refractivity contribution in [2.45, 2.75) is 104 Å². The maximum Gasteiger partial charge on any atom is 0.122 e. The van der Waals surface area contributed by atoms with Gasteiger partial charge in [0.15, 0.2) is 0 Å². The van der Waals surface area contributed by atoms with Gasteiger partial charge in [0, 0.05) is 0 Å². The van der Waals surface area contributed by atoms with Crippen molar-refractivity contribution >= 4 is 19.3 Å². The summed E-state index contributed by atoms with van der Waals surface area (Å²) in [4.78, 5) is 0. The molecule has 0 heterocycles. The van der Waals surface area contributed by atoms with E-state index in [9.17, 15) is 0 Å². The van der Waals surface area contributed by atoms with Crippen LogP contribution in [0.3, 0.4) is 0 Å². The lowest BCUT2D eigenvalue weighted by Gasteiger charge is -2.43. The Morgan fingerprint density at radius 1 is 1.06 bits per heavy atom. The Kier molecular flexibility index (Phi) is 6.95. The van der Waals surface area contributed by atoms with Crippen molar-refractivity contribution in [2.75, 3.05) is 0 Å². The third kappa shape index (κ3) is 4.32. The number of aryl methyl sites for hydroxylation is 1. The number of allylic oxidation sites excluding steroid dienone is 1. The lowest BCUT2D eigenvalue weighted by molar-refractivity contribution is 0.130. The fourth-order valence-electron chi connectivity index (χ4n) is 7.25. The largest absolute Gasteiger partial charge is 0.488 e. The summed E-state index contributed by atoms with van der Waals surface area (Å²) in [7, 11) is -1.89. The Hall–Kier alpha value is -1.80. The van der Waals surface area contributed by atoms with Gasteiger partial charge in [-0.15, -0.1) is 0 Å². The highest BCUT2D eigenvalue weighted by Gasteiger charge is 2.53. The number of rotatable bonds is 6. The highest BCUT2D eigenvalue weighted by molar-refractivity contribution is 6.93. The molecule has 34 heavy (non-hydrogen) atoms. The predicted molar refractivity (Wildman–Crippen MR) is 151 cm³/mol. The minimum atomic E-state index is -1.89. The molecule has 0 amide bonds. The molecule has 0 N–H and O–H groups in total. The fraction of sp³-hybridized carbons (Fsp3) is 0.562. The molecular formula is C32H46OSi. The Labute approximate surface area is 210 Å². The highest BCUT2D eigenvalue weighted by atomic mass is 28.3. The smallest absolute Gasteiger partial charge is 0.122 e. The molecule has 4 rings (SSSR count). The van der Waals surface area contributed by atoms with Gasteiger partial charge in [-0.25, -0.2) is 0 Å². The third-order valence-electron chi connectivity index (χ3n) is 8.77. The zero-order valence-corrected chi connectivity index (χ0v) is 24.0. The van der Waals surface area contributed by atoms with Crippen LogP contribution in [0.15, 0.2) is 42.5 Å². The molecular weight excluding hydrogens is 428 g/mol. The van der Waals surface area contributed by atoms with Crippen LogP contribution in [0.2, 0.25) is 17.6 Å². The lowest BCUT2D eigenvalue weighted by atomic mass is 9.78. The molecule has 1 nitrogen and oxygen atoms in total. The van der Waals surface area contributed by atoms with Crippen LogP contribution >= 0.6 is 0 Å². The maximum absolute atomic E-state index is 6.89. The van der Waals surface area contributed by atoms with E-state index in [2.05, 4.69) is 111 Å². The van der Waals surface area contributed by atoms with Crippen LogP contribution in [-0.2, 0) is 0 Å². The van der Waals surface area contributed by atoms with Gasteiger partial charge in [0.25, 0.3) is 0 Å². The van der Waals surface area contributed by atoms with Crippen molar-refractivity contribution in [3.8, 4) is 5.75 Å². The molecule has 4 atom stereocenters. The number of hydrogen-bond donors (Lipinski definition) is 0. The first-order chi connectivity index (χ1) is 16.0. The quantitative estimate of drug-likeness (QED) is 0.380. The number of hydrogen-bond acceptors (Lipinski definition) is 1. The van der Waals surface area contributed by atoms with E-state index in [1.165, 1.54) is 40.9 Å². The number of benzene rings is 2. The van der Waals surface area contributed by atoms with Crippen LogP contribution in [-0.4, -0.2) is 13.7 Å². The third-order valence-corrected chi connectivity index (χ3v) is 14.8. The molecule has 4 unspecified atom stereocenters. The topological polar surface area (TPSA) is 9.23 Å². The van der Waals surface area contributed by atoms with Gasteiger partial charge in [-0.3, -0.25) is 0 Å². The monoisotopic (exact) mass is 474 g/mol. The van der Waals surface area contributed by atoms with E-state index in [0.717, 1.165) is 5.54 Å². The molecule has 2 aliphatic carbocycles. The SMILES string of the molecule is CC[Si](CC)(c1cc(C)cc(C(C)C)c1OC(C)(C)C)C1CC(C)C2c3ccccc3C=CC21. The second kappa shape index (κ2) is 9.34. The molecule has 0 radical (unpaired) electrons. The molecule has 0 aromatic heterocycles. The summed E-state index contributed by atoms with van der Waals surface area (Å²) in [6, 6.07) is 16.6. The zero-order chi connectivity index (χ0) is 24.8. The minimum absolute atomic E-state index is 0.204. The van der Waals surface area contributed by atoms with Gasteiger partial charge < -0.3 is 4.74 Å². The fourth-order valence-corrected chi connectivity index (χ4v) is 13.0. The van der Waals surface area contributed by atoms with Crippen molar-refractivity contribution in [1.29, 1.82) is 0 Å². The van der Waals surface area contributed by atoms with Gasteiger partial charge in [0.2, 0.25) is 0 Å². The van der Waals surface area contributed by atoms with E-state index in [1.807, 2.05) is 0 Å². The summed E-state index contributed by atoms with van der Waals surface area (Å²) in [6.07, 6.45) is 6.36. The van der Waals surface area contributed by atoms with E-state index in [4.69, 9.17) is 4.74 Å². The highest BCUT2D eigenvalue weighted by Crippen LogP contribution is 2.59. The van der Waals surface area contributed by atoms with Crippen LogP contribution in [0.1, 0.15) is 95.9 Å². The van der Waals surface area contributed by atoms with Crippen LogP contribution in [0.5, 0.6) is 5.75 Å². The molecule has 0 aliphatic heterocycles. The van der Waals surface area contributed by atoms with Crippen molar-refractivity contribution in [3.63, 3.8) is 0 Å². The van der Waals surface area contributed by atoms with E-state index < -0.39 is 8.07 Å². The average molecular weight is 475 g/mol. The summed E-state index contributed by atoms with van der Waals surface area (Å²) in [5, 5.41) is 1.60. The van der Waals surface area contributed by atoms with Gasteiger partial charge in [0.05, 0.1) is 8.07 Å². The standard InChI is InChI=1S/C32H46OSi/c1-10-34(11-2,29-19-22(5)18-27(21(3)4)31(29)33-32(7,8)9)28-20-23(6)30-25-15-13-12-14-24(25)16-17-26(28)30/h12-19,21,23,26,28,30H,10-11,20H2,1-9H3. The summed E-state index contributed by atoms with van der Waals surface area (Å²) < 4.78 is 6.89. The molecule has 0 bridgehead atoms. The van der Waals surface area contributed by atoms with Crippen molar-refractivity contribution in [2.24, 2.45) is 11.8 Å². The molecule has 0 saturated heterocycles. The summed E-state index contributed by atoms with van der Waals surface area (Å²) >= 11 is 0. The van der Waals surface area contributed by atoms with Gasteiger partial charge in [0.1, 0.15) is 11.4 Å². The first-order valence-electron chi connectivity index (χ1n) is 13.6. The van der Waals surface area contributed by atoms with E-state index >= 15 is 0 Å². The summed E-state index contributed by atoms with van der Waals surface area (Å²) in [6.45, 7) is 21.0. The lowest BCUT2D eigenvalue weighted by Crippen LogP contribution is -2.53. The Morgan fingerprint density at radius 3 is 2.35 bits per heavy atom. The van der Waals surface area contributed by atoms with Crippen molar-refractivity contribution in [1.82, 2.24) is 0 Å². The van der Waals surface area contributed by atoms with Crippen LogP contribution < -0.4 is 9.92 Å². The first-order valence-corrected chi connectivity index (χ1v) is 16.1. The molecule has 184 valence electrons. The van der Waals surface area contributed by atoms with Crippen molar-refractivity contribution < 1.29 is 4.74 Å². The molecule has 0 spiro atoms. The van der Waals surface area contributed by atoms with Gasteiger partial charge in [-0.05, 0) is 85.2 Å². The molecule has 2 aromatic rings. The van der Waals surface area contributed by atoms with Crippen LogP contribution in [0, 0.1) is 18.8 Å². The number of fused-ring (bicyclic) bond motifs is 3. The van der Waals surface area contributed by atoms with E-state index in [0.29, 0.717) is 23.7 Å². The van der Waals surface area contributed by atoms with Gasteiger partial charge >= 0.3 is 0 Å². The van der Waals surface area contributed by atoms with Crippen LogP contribution in [0.25, 0.3) is 6.08 Å². The summed E-state index contributed by atoms with van der Waals surface area (Å²) in [5.74, 6) is 3.68. The predicted octanol–water partition coefficient (Wildman–Crippen LogP) is 8.83. The van der Waals surface area contributed by atoms with E-state index in [1.54, 1.807) is 10.8 Å². The first kappa shape index (κ1) is 25.3. The summed E-state index contributed by atoms with van der Waals surface area (Å²) in [5.41, 5.74) is 6.35. The second-order valence-electron chi connectivity index (χ2n) is 12.4. The Bertz CT molecular complexity index is 1050. The molecule has 1 saturated carbocycles. The zero-order valence-electron chi connectivity index (χ0n) is 23.0. The van der Waals surface area contributed by atoms with Gasteiger partial charge in [-0.2, -0.15) is 0 Å². The average Bonchev–Trinajstić information content (AvgIpc) is 3.13. The van der Waals surface area contributed by atoms with Crippen molar-refractivity contribution in [3.05, 3.63) is 64.7 Å². The van der Waals surface area contributed by atoms with E-state index in [-0.39, 0.29) is 5.60 Å². The number of ether oxygens (including phenoxy) is 1. The normalized spacial score (nSPS) is 24.3. The maximum atomic E-state index is 6.89. The minimum Gasteiger partial charge on any atom is -0.488 e. The Balaban J connectivity index is 1.90. The molecule has 1 fully saturated rings.